The fraction of sp³-hybridized carbons (Fsp3) is 0.267. The Morgan fingerprint density at radius 1 is 1.16 bits per heavy atom. The molecule has 4 heteroatoms. The summed E-state index contributed by atoms with van der Waals surface area (Å²) in [5, 5.41) is 13.0. The molecule has 0 radical (unpaired) electrons. The summed E-state index contributed by atoms with van der Waals surface area (Å²) in [5.74, 6) is 0.0521. The third kappa shape index (κ3) is 4.19. The highest BCUT2D eigenvalue weighted by atomic mass is 32.1. The Bertz CT molecular complexity index is 496. The maximum Gasteiger partial charge on any atom is 0.227 e. The average molecular weight is 275 g/mol. The summed E-state index contributed by atoms with van der Waals surface area (Å²) in [5.41, 5.74) is 2.11. The van der Waals surface area contributed by atoms with Crippen LogP contribution in [0.4, 0.5) is 0 Å². The first-order valence-electron chi connectivity index (χ1n) is 6.23. The highest BCUT2D eigenvalue weighted by Crippen LogP contribution is 2.10. The van der Waals surface area contributed by atoms with E-state index in [0.29, 0.717) is 19.5 Å². The van der Waals surface area contributed by atoms with Crippen molar-refractivity contribution >= 4 is 17.2 Å². The van der Waals surface area contributed by atoms with Crippen LogP contribution in [-0.4, -0.2) is 29.1 Å². The third-order valence-corrected chi connectivity index (χ3v) is 3.61. The van der Waals surface area contributed by atoms with E-state index in [2.05, 4.69) is 0 Å². The fourth-order valence-electron chi connectivity index (χ4n) is 1.90. The van der Waals surface area contributed by atoms with Crippen LogP contribution in [0.15, 0.2) is 47.2 Å². The van der Waals surface area contributed by atoms with E-state index in [1.165, 1.54) is 0 Å². The van der Waals surface area contributed by atoms with Crippen molar-refractivity contribution in [2.75, 3.05) is 13.2 Å². The molecule has 0 unspecified atom stereocenters. The van der Waals surface area contributed by atoms with Gasteiger partial charge < -0.3 is 10.0 Å². The number of thiophene rings is 1. The highest BCUT2D eigenvalue weighted by Gasteiger charge is 2.14. The van der Waals surface area contributed by atoms with E-state index in [4.69, 9.17) is 5.11 Å². The second-order valence-electron chi connectivity index (χ2n) is 4.33. The quantitative estimate of drug-likeness (QED) is 0.879. The lowest BCUT2D eigenvalue weighted by Gasteiger charge is -2.21. The van der Waals surface area contributed by atoms with Gasteiger partial charge in [-0.3, -0.25) is 4.79 Å². The van der Waals surface area contributed by atoms with Gasteiger partial charge in [-0.1, -0.05) is 30.3 Å². The van der Waals surface area contributed by atoms with Crippen LogP contribution in [0.3, 0.4) is 0 Å². The Labute approximate surface area is 117 Å². The molecule has 0 spiro atoms. The van der Waals surface area contributed by atoms with Gasteiger partial charge in [-0.25, -0.2) is 0 Å². The zero-order valence-corrected chi connectivity index (χ0v) is 11.5. The molecule has 1 N–H and O–H groups in total. The predicted molar refractivity (Wildman–Crippen MR) is 77.0 cm³/mol. The zero-order chi connectivity index (χ0) is 13.5. The normalized spacial score (nSPS) is 10.4. The molecule has 1 amide bonds. The number of carbonyl (C=O) groups excluding carboxylic acids is 1. The van der Waals surface area contributed by atoms with Gasteiger partial charge >= 0.3 is 0 Å². The van der Waals surface area contributed by atoms with Crippen molar-refractivity contribution in [3.05, 3.63) is 58.3 Å². The predicted octanol–water partition coefficient (Wildman–Crippen LogP) is 2.31. The summed E-state index contributed by atoms with van der Waals surface area (Å²) in [4.78, 5) is 13.9. The maximum absolute atomic E-state index is 12.2. The monoisotopic (exact) mass is 275 g/mol. The largest absolute Gasteiger partial charge is 0.395 e. The molecule has 2 rings (SSSR count). The molecule has 1 heterocycles. The van der Waals surface area contributed by atoms with Crippen molar-refractivity contribution in [3.8, 4) is 0 Å². The van der Waals surface area contributed by atoms with E-state index >= 15 is 0 Å². The van der Waals surface area contributed by atoms with Crippen molar-refractivity contribution < 1.29 is 9.90 Å². The first kappa shape index (κ1) is 13.8. The number of nitrogens with zero attached hydrogens (tertiary/aromatic N) is 1. The molecule has 0 saturated carbocycles. The average Bonchev–Trinajstić information content (AvgIpc) is 2.92. The van der Waals surface area contributed by atoms with Crippen LogP contribution in [0, 0.1) is 0 Å². The van der Waals surface area contributed by atoms with Gasteiger partial charge in [-0.05, 0) is 28.0 Å². The van der Waals surface area contributed by atoms with Crippen molar-refractivity contribution in [2.45, 2.75) is 13.0 Å². The van der Waals surface area contributed by atoms with Crippen molar-refractivity contribution in [1.82, 2.24) is 4.90 Å². The molecule has 0 aliphatic rings. The number of benzene rings is 1. The number of carbonyl (C=O) groups is 1. The lowest BCUT2D eigenvalue weighted by atomic mass is 10.2. The summed E-state index contributed by atoms with van der Waals surface area (Å²) in [6, 6.07) is 11.8. The summed E-state index contributed by atoms with van der Waals surface area (Å²) < 4.78 is 0. The van der Waals surface area contributed by atoms with E-state index in [-0.39, 0.29) is 12.5 Å². The smallest absolute Gasteiger partial charge is 0.227 e. The Balaban J connectivity index is 2.00. The molecule has 0 saturated heterocycles. The molecule has 0 aliphatic heterocycles. The number of hydrogen-bond acceptors (Lipinski definition) is 3. The third-order valence-electron chi connectivity index (χ3n) is 2.87. The van der Waals surface area contributed by atoms with Crippen LogP contribution in [0.1, 0.15) is 11.1 Å². The SMILES string of the molecule is O=C(Cc1ccsc1)N(CCO)Cc1ccccc1. The van der Waals surface area contributed by atoms with Crippen molar-refractivity contribution in [1.29, 1.82) is 0 Å². The standard InChI is InChI=1S/C15H17NO2S/c17-8-7-16(11-13-4-2-1-3-5-13)15(18)10-14-6-9-19-12-14/h1-6,9,12,17H,7-8,10-11H2. The molecule has 19 heavy (non-hydrogen) atoms. The van der Waals surface area contributed by atoms with E-state index in [1.807, 2.05) is 47.2 Å². The van der Waals surface area contributed by atoms with Gasteiger partial charge in [-0.2, -0.15) is 11.3 Å². The molecule has 0 bridgehead atoms. The first-order valence-corrected chi connectivity index (χ1v) is 7.17. The molecule has 2 aromatic rings. The second-order valence-corrected chi connectivity index (χ2v) is 5.11. The Morgan fingerprint density at radius 2 is 1.95 bits per heavy atom. The van der Waals surface area contributed by atoms with E-state index < -0.39 is 0 Å². The van der Waals surface area contributed by atoms with Gasteiger partial charge in [0.25, 0.3) is 0 Å². The lowest BCUT2D eigenvalue weighted by molar-refractivity contribution is -0.131. The van der Waals surface area contributed by atoms with Crippen LogP contribution < -0.4 is 0 Å². The van der Waals surface area contributed by atoms with E-state index in [0.717, 1.165) is 11.1 Å². The van der Waals surface area contributed by atoms with Gasteiger partial charge in [-0.15, -0.1) is 0 Å². The number of hydrogen-bond donors (Lipinski definition) is 1. The van der Waals surface area contributed by atoms with Crippen LogP contribution in [-0.2, 0) is 17.8 Å². The summed E-state index contributed by atoms with van der Waals surface area (Å²) >= 11 is 1.59. The second kappa shape index (κ2) is 7.07. The van der Waals surface area contributed by atoms with E-state index in [9.17, 15) is 4.79 Å². The van der Waals surface area contributed by atoms with Gasteiger partial charge in [0, 0.05) is 13.1 Å². The number of amides is 1. The molecular weight excluding hydrogens is 258 g/mol. The first-order chi connectivity index (χ1) is 9.29. The Kier molecular flexibility index (Phi) is 5.12. The molecule has 0 aliphatic carbocycles. The molecule has 1 aromatic carbocycles. The topological polar surface area (TPSA) is 40.5 Å². The molecule has 0 atom stereocenters. The zero-order valence-electron chi connectivity index (χ0n) is 10.7. The van der Waals surface area contributed by atoms with Crippen LogP contribution >= 0.6 is 11.3 Å². The Hall–Kier alpha value is -1.65. The molecule has 100 valence electrons. The lowest BCUT2D eigenvalue weighted by Crippen LogP contribution is -2.34. The number of rotatable bonds is 6. The Morgan fingerprint density at radius 3 is 2.58 bits per heavy atom. The fourth-order valence-corrected chi connectivity index (χ4v) is 2.56. The molecule has 0 fully saturated rings. The van der Waals surface area contributed by atoms with Gasteiger partial charge in [0.1, 0.15) is 0 Å². The number of aliphatic hydroxyl groups excluding tert-OH is 1. The molecule has 3 nitrogen and oxygen atoms in total. The number of aliphatic hydroxyl groups is 1. The summed E-state index contributed by atoms with van der Waals surface area (Å²) in [7, 11) is 0. The van der Waals surface area contributed by atoms with Gasteiger partial charge in [0.05, 0.1) is 13.0 Å². The van der Waals surface area contributed by atoms with Gasteiger partial charge in [0.2, 0.25) is 5.91 Å². The minimum atomic E-state index is -0.0117. The van der Waals surface area contributed by atoms with Crippen LogP contribution in [0.2, 0.25) is 0 Å². The molecular formula is C15H17NO2S. The maximum atomic E-state index is 12.2. The summed E-state index contributed by atoms with van der Waals surface area (Å²) in [6.45, 7) is 0.907. The van der Waals surface area contributed by atoms with Gasteiger partial charge in [0.15, 0.2) is 0 Å². The molecule has 1 aromatic heterocycles. The van der Waals surface area contributed by atoms with Crippen LogP contribution in [0.25, 0.3) is 0 Å². The van der Waals surface area contributed by atoms with E-state index in [1.54, 1.807) is 16.2 Å². The van der Waals surface area contributed by atoms with Crippen molar-refractivity contribution in [3.63, 3.8) is 0 Å². The minimum Gasteiger partial charge on any atom is -0.395 e. The van der Waals surface area contributed by atoms with Crippen LogP contribution in [0.5, 0.6) is 0 Å². The highest BCUT2D eigenvalue weighted by molar-refractivity contribution is 7.07. The van der Waals surface area contributed by atoms with Crippen molar-refractivity contribution in [2.24, 2.45) is 0 Å². The minimum absolute atomic E-state index is 0.0117. The summed E-state index contributed by atoms with van der Waals surface area (Å²) in [6.07, 6.45) is 0.399.